The van der Waals surface area contributed by atoms with Crippen molar-refractivity contribution in [1.82, 2.24) is 9.97 Å². The van der Waals surface area contributed by atoms with E-state index in [2.05, 4.69) is 87.9 Å². The molecule has 3 aromatic heterocycles. The van der Waals surface area contributed by atoms with E-state index in [1.165, 1.54) is 9.96 Å². The molecule has 1 radical (unpaired) electrons. The number of furan rings is 1. The van der Waals surface area contributed by atoms with E-state index in [1.54, 1.807) is 6.20 Å². The Hall–Kier alpha value is -3.83. The first-order valence-corrected chi connectivity index (χ1v) is 21.1. The third-order valence-electron chi connectivity index (χ3n) is 7.06. The van der Waals surface area contributed by atoms with Gasteiger partial charge in [0.1, 0.15) is 5.58 Å². The zero-order valence-electron chi connectivity index (χ0n) is 23.8. The molecule has 0 fully saturated rings. The molecule has 0 unspecified atom stereocenters. The molecule has 3 nitrogen and oxygen atoms in total. The van der Waals surface area contributed by atoms with Gasteiger partial charge in [0.15, 0.2) is 0 Å². The first-order chi connectivity index (χ1) is 20.0. The van der Waals surface area contributed by atoms with Gasteiger partial charge in [0, 0.05) is 26.3 Å². The molecule has 0 saturated carbocycles. The molecule has 0 spiro atoms. The van der Waals surface area contributed by atoms with Crippen LogP contribution in [0.15, 0.2) is 132 Å². The van der Waals surface area contributed by atoms with Crippen molar-refractivity contribution in [2.45, 2.75) is 17.3 Å². The standard InChI is InChI=1S/C23H14NO.C14H16GeN.Ir/c1-2-6-16(7-3-1)17-9-11-19-20-12-10-18(21-8-4-5-13-24-21)15-23(20)25-22(19)14-17;1-15(2,3)13-9-10-14(16-11-13)12-7-5-4-6-8-12;/h1-14H;4-7,9-11H,1-3H3;/q2*-1;. The van der Waals surface area contributed by atoms with Gasteiger partial charge in [-0.2, -0.15) is 0 Å². The Balaban J connectivity index is 0.000000181. The zero-order chi connectivity index (χ0) is 28.2. The Morgan fingerprint density at radius 2 is 1.40 bits per heavy atom. The van der Waals surface area contributed by atoms with Crippen molar-refractivity contribution < 1.29 is 24.5 Å². The molecule has 0 saturated heterocycles. The molecule has 0 N–H and O–H groups in total. The van der Waals surface area contributed by atoms with E-state index in [-0.39, 0.29) is 20.1 Å². The average molecular weight is 783 g/mol. The third kappa shape index (κ3) is 6.63. The average Bonchev–Trinajstić information content (AvgIpc) is 3.39. The summed E-state index contributed by atoms with van der Waals surface area (Å²) in [6.07, 6.45) is 3.83. The van der Waals surface area contributed by atoms with Gasteiger partial charge in [-0.15, -0.1) is 17.7 Å². The maximum absolute atomic E-state index is 6.09. The van der Waals surface area contributed by atoms with E-state index >= 15 is 0 Å². The van der Waals surface area contributed by atoms with Crippen LogP contribution in [0.3, 0.4) is 0 Å². The van der Waals surface area contributed by atoms with Gasteiger partial charge in [-0.25, -0.2) is 0 Å². The van der Waals surface area contributed by atoms with Gasteiger partial charge in [-0.05, 0) is 34.3 Å². The maximum Gasteiger partial charge on any atom is 0.124 e. The molecule has 42 heavy (non-hydrogen) atoms. The molecular formula is C37H30GeIrN2O-2. The number of hydrogen-bond acceptors (Lipinski definition) is 3. The van der Waals surface area contributed by atoms with Crippen LogP contribution in [0.25, 0.3) is 55.6 Å². The van der Waals surface area contributed by atoms with Crippen molar-refractivity contribution in [2.75, 3.05) is 0 Å². The SMILES string of the molecule is [CH3][Ge]([CH3])([CH3])[c]1ccc(-c2[c-]cccc2)nc1.[Ir].[c-]1c(-c2ccccn2)ccc2c1oc1cc(-c3ccccc3)ccc12. The second-order valence-corrected chi connectivity index (χ2v) is 21.6. The van der Waals surface area contributed by atoms with Crippen molar-refractivity contribution in [2.24, 2.45) is 0 Å². The summed E-state index contributed by atoms with van der Waals surface area (Å²) in [6.45, 7) is 0. The predicted octanol–water partition coefficient (Wildman–Crippen LogP) is 9.21. The van der Waals surface area contributed by atoms with Gasteiger partial charge >= 0.3 is 99.8 Å². The molecule has 7 rings (SSSR count). The van der Waals surface area contributed by atoms with Crippen LogP contribution in [0.4, 0.5) is 0 Å². The van der Waals surface area contributed by atoms with Crippen LogP contribution in [-0.2, 0) is 20.1 Å². The van der Waals surface area contributed by atoms with Gasteiger partial charge in [0.25, 0.3) is 0 Å². The predicted molar refractivity (Wildman–Crippen MR) is 173 cm³/mol. The Bertz CT molecular complexity index is 1800. The van der Waals surface area contributed by atoms with Gasteiger partial charge in [0.05, 0.1) is 5.58 Å². The van der Waals surface area contributed by atoms with Crippen LogP contribution in [0.5, 0.6) is 0 Å². The molecule has 7 aromatic rings. The van der Waals surface area contributed by atoms with E-state index in [0.29, 0.717) is 0 Å². The van der Waals surface area contributed by atoms with Crippen LogP contribution < -0.4 is 4.40 Å². The minimum atomic E-state index is -1.72. The zero-order valence-corrected chi connectivity index (χ0v) is 28.3. The van der Waals surface area contributed by atoms with Crippen LogP contribution >= 0.6 is 0 Å². The summed E-state index contributed by atoms with van der Waals surface area (Å²) in [5.74, 6) is 7.14. The topological polar surface area (TPSA) is 38.9 Å². The summed E-state index contributed by atoms with van der Waals surface area (Å²) in [6, 6.07) is 45.5. The largest absolute Gasteiger partial charge is 0.477 e. The molecule has 4 aromatic carbocycles. The Morgan fingerprint density at radius 1 is 0.643 bits per heavy atom. The van der Waals surface area contributed by atoms with E-state index in [9.17, 15) is 0 Å². The minimum absolute atomic E-state index is 0. The van der Waals surface area contributed by atoms with Crippen molar-refractivity contribution in [3.63, 3.8) is 0 Å². The molecule has 5 heteroatoms. The maximum atomic E-state index is 6.09. The van der Waals surface area contributed by atoms with Gasteiger partial charge in [0.2, 0.25) is 0 Å². The normalized spacial score (nSPS) is 11.0. The number of pyridine rings is 2. The molecule has 0 bridgehead atoms. The van der Waals surface area contributed by atoms with Crippen LogP contribution in [0.2, 0.25) is 17.3 Å². The van der Waals surface area contributed by atoms with E-state index in [4.69, 9.17) is 4.42 Å². The van der Waals surface area contributed by atoms with E-state index in [1.807, 2.05) is 72.9 Å². The second-order valence-electron chi connectivity index (χ2n) is 11.0. The number of aromatic nitrogens is 2. The fraction of sp³-hybridized carbons (Fsp3) is 0.0811. The summed E-state index contributed by atoms with van der Waals surface area (Å²) < 4.78 is 7.54. The first-order valence-electron chi connectivity index (χ1n) is 13.7. The molecule has 0 amide bonds. The molecular weight excluding hydrogens is 753 g/mol. The third-order valence-corrected chi connectivity index (χ3v) is 11.3. The smallest absolute Gasteiger partial charge is 0.124 e. The quantitative estimate of drug-likeness (QED) is 0.132. The Morgan fingerprint density at radius 3 is 2.10 bits per heavy atom. The van der Waals surface area contributed by atoms with Crippen LogP contribution in [0.1, 0.15) is 0 Å². The second kappa shape index (κ2) is 13.0. The number of nitrogens with zero attached hydrogens (tertiary/aromatic N) is 2. The van der Waals surface area contributed by atoms with Crippen molar-refractivity contribution in [3.05, 3.63) is 140 Å². The fourth-order valence-corrected chi connectivity index (χ4v) is 6.91. The van der Waals surface area contributed by atoms with E-state index in [0.717, 1.165) is 50.0 Å². The first kappa shape index (κ1) is 29.7. The molecule has 0 aliphatic rings. The molecule has 209 valence electrons. The summed E-state index contributed by atoms with van der Waals surface area (Å²) in [5, 5.41) is 2.19. The molecule has 0 aliphatic carbocycles. The van der Waals surface area contributed by atoms with Crippen LogP contribution in [0, 0.1) is 12.1 Å². The number of benzene rings is 4. The summed E-state index contributed by atoms with van der Waals surface area (Å²) in [7, 11) is 0. The Kier molecular flexibility index (Phi) is 9.18. The van der Waals surface area contributed by atoms with E-state index < -0.39 is 13.3 Å². The molecule has 3 heterocycles. The van der Waals surface area contributed by atoms with Crippen molar-refractivity contribution >= 4 is 39.6 Å². The summed E-state index contributed by atoms with van der Waals surface area (Å²) in [5.41, 5.74) is 7.89. The monoisotopic (exact) mass is 785 g/mol. The summed E-state index contributed by atoms with van der Waals surface area (Å²) >= 11 is -1.72. The van der Waals surface area contributed by atoms with Gasteiger partial charge < -0.3 is 9.40 Å². The fourth-order valence-electron chi connectivity index (χ4n) is 4.74. The van der Waals surface area contributed by atoms with Crippen molar-refractivity contribution in [1.29, 1.82) is 0 Å². The number of rotatable bonds is 4. The van der Waals surface area contributed by atoms with Crippen molar-refractivity contribution in [3.8, 4) is 33.6 Å². The van der Waals surface area contributed by atoms with Gasteiger partial charge in [-0.1, -0.05) is 66.0 Å². The number of hydrogen-bond donors (Lipinski definition) is 0. The van der Waals surface area contributed by atoms with Gasteiger partial charge in [-0.3, -0.25) is 0 Å². The molecule has 0 aliphatic heterocycles. The number of fused-ring (bicyclic) bond motifs is 3. The minimum Gasteiger partial charge on any atom is -0.477 e. The molecule has 0 atom stereocenters. The Labute approximate surface area is 263 Å². The summed E-state index contributed by atoms with van der Waals surface area (Å²) in [4.78, 5) is 8.92. The van der Waals surface area contributed by atoms with Crippen LogP contribution in [-0.4, -0.2) is 23.2 Å².